The monoisotopic (exact) mass is 353 g/mol. The van der Waals surface area contributed by atoms with Gasteiger partial charge in [0.05, 0.1) is 6.61 Å². The lowest BCUT2D eigenvalue weighted by molar-refractivity contribution is 0.159. The zero-order valence-electron chi connectivity index (χ0n) is 17.6. The molecule has 144 valence electrons. The van der Waals surface area contributed by atoms with E-state index in [9.17, 15) is 4.57 Å². The van der Waals surface area contributed by atoms with Gasteiger partial charge >= 0.3 is 0 Å². The van der Waals surface area contributed by atoms with Crippen LogP contribution in [0.4, 0.5) is 0 Å². The van der Waals surface area contributed by atoms with E-state index >= 15 is 0 Å². The molecule has 23 heavy (non-hydrogen) atoms. The molecule has 5 nitrogen and oxygen atoms in total. The van der Waals surface area contributed by atoms with Gasteiger partial charge in [-0.3, -0.25) is 9.46 Å². The molecule has 0 aromatic carbocycles. The van der Waals surface area contributed by atoms with E-state index < -0.39 is 7.52 Å². The second-order valence-electron chi connectivity index (χ2n) is 4.82. The Morgan fingerprint density at radius 3 is 1.74 bits per heavy atom. The van der Waals surface area contributed by atoms with Crippen LogP contribution in [0.5, 0.6) is 0 Å². The van der Waals surface area contributed by atoms with Gasteiger partial charge in [0.15, 0.2) is 0 Å². The number of hydrogen-bond donors (Lipinski definition) is 0. The van der Waals surface area contributed by atoms with Crippen molar-refractivity contribution in [3.8, 4) is 0 Å². The summed E-state index contributed by atoms with van der Waals surface area (Å²) in [6.07, 6.45) is 0. The van der Waals surface area contributed by atoms with Crippen LogP contribution < -0.4 is 0 Å². The standard InChI is InChI=1S/C11H26N3O2P.3C2H6/c1-5-16-17(4,15)14-10-8-13(9-11-14)7-6-12(2)3;3*1-2/h5-11H2,1-4H3;3*1-2H3. The lowest BCUT2D eigenvalue weighted by atomic mass is 10.3. The highest BCUT2D eigenvalue weighted by molar-refractivity contribution is 7.55. The van der Waals surface area contributed by atoms with Crippen LogP contribution in [0.2, 0.25) is 0 Å². The number of hydrogen-bond acceptors (Lipinski definition) is 4. The smallest absolute Gasteiger partial charge is 0.269 e. The van der Waals surface area contributed by atoms with E-state index in [0.717, 1.165) is 39.3 Å². The van der Waals surface area contributed by atoms with Gasteiger partial charge in [0.1, 0.15) is 0 Å². The van der Waals surface area contributed by atoms with E-state index in [4.69, 9.17) is 4.52 Å². The quantitative estimate of drug-likeness (QED) is 0.672. The van der Waals surface area contributed by atoms with Gasteiger partial charge in [-0.2, -0.15) is 0 Å². The first-order chi connectivity index (χ1) is 11.0. The highest BCUT2D eigenvalue weighted by atomic mass is 31.2. The minimum atomic E-state index is -2.54. The van der Waals surface area contributed by atoms with E-state index in [-0.39, 0.29) is 0 Å². The van der Waals surface area contributed by atoms with Crippen molar-refractivity contribution >= 4 is 7.52 Å². The molecule has 1 aliphatic rings. The highest BCUT2D eigenvalue weighted by Crippen LogP contribution is 2.46. The van der Waals surface area contributed by atoms with Gasteiger partial charge in [0.2, 0.25) is 0 Å². The molecule has 0 aliphatic carbocycles. The van der Waals surface area contributed by atoms with Crippen LogP contribution in [-0.2, 0) is 9.09 Å². The second kappa shape index (κ2) is 18.4. The van der Waals surface area contributed by atoms with Crippen LogP contribution in [-0.4, -0.2) is 81.1 Å². The van der Waals surface area contributed by atoms with Crippen LogP contribution in [0.15, 0.2) is 0 Å². The molecule has 0 N–H and O–H groups in total. The molecule has 1 aliphatic heterocycles. The highest BCUT2D eigenvalue weighted by Gasteiger charge is 2.29. The van der Waals surface area contributed by atoms with E-state index in [1.54, 1.807) is 6.66 Å². The molecular formula is C17H44N3O2P. The molecule has 1 fully saturated rings. The minimum Gasteiger partial charge on any atom is -0.318 e. The molecule has 6 heteroatoms. The second-order valence-corrected chi connectivity index (χ2v) is 7.25. The maximum atomic E-state index is 12.2. The first-order valence-electron chi connectivity index (χ1n) is 9.30. The van der Waals surface area contributed by atoms with Crippen LogP contribution in [0, 0.1) is 0 Å². The third-order valence-electron chi connectivity index (χ3n) is 3.09. The molecule has 0 spiro atoms. The summed E-state index contributed by atoms with van der Waals surface area (Å²) in [5, 5.41) is 0. The van der Waals surface area contributed by atoms with Crippen LogP contribution in [0.3, 0.4) is 0 Å². The third-order valence-corrected chi connectivity index (χ3v) is 5.26. The minimum absolute atomic E-state index is 0.522. The molecule has 0 saturated carbocycles. The Hall–Kier alpha value is 0.0700. The Bertz CT molecular complexity index is 269. The average molecular weight is 354 g/mol. The zero-order valence-corrected chi connectivity index (χ0v) is 18.4. The Morgan fingerprint density at radius 1 is 0.957 bits per heavy atom. The fourth-order valence-corrected chi connectivity index (χ4v) is 3.53. The van der Waals surface area contributed by atoms with Crippen molar-refractivity contribution < 1.29 is 9.09 Å². The third kappa shape index (κ3) is 14.1. The summed E-state index contributed by atoms with van der Waals surface area (Å²) in [5.74, 6) is 0. The zero-order chi connectivity index (χ0) is 18.9. The van der Waals surface area contributed by atoms with E-state index in [1.165, 1.54) is 0 Å². The lowest BCUT2D eigenvalue weighted by Crippen LogP contribution is -2.46. The molecule has 1 heterocycles. The van der Waals surface area contributed by atoms with Crippen molar-refractivity contribution in [1.29, 1.82) is 0 Å². The normalized spacial score (nSPS) is 17.7. The largest absolute Gasteiger partial charge is 0.318 e. The maximum absolute atomic E-state index is 12.2. The molecule has 0 aromatic rings. The van der Waals surface area contributed by atoms with Gasteiger partial charge in [-0.25, -0.2) is 4.67 Å². The molecule has 0 amide bonds. The summed E-state index contributed by atoms with van der Waals surface area (Å²) < 4.78 is 19.6. The van der Waals surface area contributed by atoms with Crippen molar-refractivity contribution in [2.75, 3.05) is 66.6 Å². The fourth-order valence-electron chi connectivity index (χ4n) is 1.99. The first kappa shape index (κ1) is 27.9. The first-order valence-corrected chi connectivity index (χ1v) is 11.3. The predicted molar refractivity (Wildman–Crippen MR) is 106 cm³/mol. The molecule has 0 bridgehead atoms. The summed E-state index contributed by atoms with van der Waals surface area (Å²) in [7, 11) is 1.64. The Kier molecular flexibility index (Phi) is 22.3. The van der Waals surface area contributed by atoms with Crippen molar-refractivity contribution in [3.05, 3.63) is 0 Å². The summed E-state index contributed by atoms with van der Waals surface area (Å²) >= 11 is 0. The van der Waals surface area contributed by atoms with Gasteiger partial charge in [0, 0.05) is 45.9 Å². The predicted octanol–water partition coefficient (Wildman–Crippen LogP) is 4.10. The number of rotatable bonds is 6. The number of piperazine rings is 1. The molecule has 0 aromatic heterocycles. The Balaban J connectivity index is -0.000000595. The molecule has 1 unspecified atom stereocenters. The molecule has 1 saturated heterocycles. The van der Waals surface area contributed by atoms with Crippen molar-refractivity contribution in [2.24, 2.45) is 0 Å². The number of nitrogens with zero attached hydrogens (tertiary/aromatic N) is 3. The van der Waals surface area contributed by atoms with E-state index in [0.29, 0.717) is 6.61 Å². The van der Waals surface area contributed by atoms with Crippen LogP contribution in [0.25, 0.3) is 0 Å². The SMILES string of the molecule is CC.CC.CC.CCOP(C)(=O)N1CCN(CCN(C)C)CC1. The van der Waals surface area contributed by atoms with Gasteiger partial charge in [-0.15, -0.1) is 0 Å². The van der Waals surface area contributed by atoms with Crippen molar-refractivity contribution in [1.82, 2.24) is 14.5 Å². The fraction of sp³-hybridized carbons (Fsp3) is 1.00. The Labute approximate surface area is 146 Å². The van der Waals surface area contributed by atoms with Crippen LogP contribution in [0.1, 0.15) is 48.5 Å². The Morgan fingerprint density at radius 2 is 1.39 bits per heavy atom. The number of likely N-dealkylation sites (N-methyl/N-ethyl adjacent to an activating group) is 1. The van der Waals surface area contributed by atoms with Crippen molar-refractivity contribution in [2.45, 2.75) is 48.5 Å². The van der Waals surface area contributed by atoms with Crippen molar-refractivity contribution in [3.63, 3.8) is 0 Å². The molecule has 1 atom stereocenters. The van der Waals surface area contributed by atoms with Gasteiger partial charge in [0.25, 0.3) is 7.52 Å². The summed E-state index contributed by atoms with van der Waals surface area (Å²) in [6.45, 7) is 22.0. The molecule has 1 rings (SSSR count). The molecular weight excluding hydrogens is 309 g/mol. The summed E-state index contributed by atoms with van der Waals surface area (Å²) in [4.78, 5) is 4.61. The van der Waals surface area contributed by atoms with E-state index in [1.807, 2.05) is 53.1 Å². The van der Waals surface area contributed by atoms with E-state index in [2.05, 4.69) is 23.9 Å². The molecule has 0 radical (unpaired) electrons. The maximum Gasteiger partial charge on any atom is 0.269 e. The summed E-state index contributed by atoms with van der Waals surface area (Å²) in [6, 6.07) is 0. The topological polar surface area (TPSA) is 36.0 Å². The average Bonchev–Trinajstić information content (AvgIpc) is 2.59. The van der Waals surface area contributed by atoms with Crippen LogP contribution >= 0.6 is 7.52 Å². The summed E-state index contributed by atoms with van der Waals surface area (Å²) in [5.41, 5.74) is 0. The van der Waals surface area contributed by atoms with Gasteiger partial charge in [-0.05, 0) is 21.0 Å². The van der Waals surface area contributed by atoms with Gasteiger partial charge < -0.3 is 9.42 Å². The lowest BCUT2D eigenvalue weighted by Gasteiger charge is -2.37. The van der Waals surface area contributed by atoms with Gasteiger partial charge in [-0.1, -0.05) is 41.5 Å².